The topological polar surface area (TPSA) is 30.5 Å². The molecule has 1 rings (SSSR count). The molecule has 0 fully saturated rings. The van der Waals surface area contributed by atoms with Crippen LogP contribution in [-0.4, -0.2) is 33.0 Å². The van der Waals surface area contributed by atoms with Gasteiger partial charge in [0, 0.05) is 23.9 Å². The molecular weight excluding hydrogens is 250 g/mol. The first-order valence-corrected chi connectivity index (χ1v) is 6.71. The number of hydrogen-bond donors (Lipinski definition) is 1. The highest BCUT2D eigenvalue weighted by Crippen LogP contribution is 2.14. The van der Waals surface area contributed by atoms with Crippen LogP contribution in [0, 0.1) is 5.92 Å². The Kier molecular flexibility index (Phi) is 7.81. The van der Waals surface area contributed by atoms with Gasteiger partial charge in [0.15, 0.2) is 0 Å². The van der Waals surface area contributed by atoms with Gasteiger partial charge < -0.3 is 14.8 Å². The molecule has 0 unspecified atom stereocenters. The molecule has 18 heavy (non-hydrogen) atoms. The van der Waals surface area contributed by atoms with Crippen molar-refractivity contribution in [3.63, 3.8) is 0 Å². The first-order valence-electron chi connectivity index (χ1n) is 6.33. The van der Waals surface area contributed by atoms with E-state index in [-0.39, 0.29) is 0 Å². The molecule has 1 aromatic rings. The normalized spacial score (nSPS) is 10.9. The molecule has 4 heteroatoms. The van der Waals surface area contributed by atoms with Crippen LogP contribution in [0.3, 0.4) is 0 Å². The van der Waals surface area contributed by atoms with E-state index in [0.717, 1.165) is 23.9 Å². The van der Waals surface area contributed by atoms with Crippen molar-refractivity contribution in [2.45, 2.75) is 13.8 Å². The molecule has 1 aromatic carbocycles. The van der Waals surface area contributed by atoms with Crippen LogP contribution in [0.25, 0.3) is 0 Å². The van der Waals surface area contributed by atoms with E-state index in [1.807, 2.05) is 24.3 Å². The average molecular weight is 272 g/mol. The zero-order valence-electron chi connectivity index (χ0n) is 11.1. The van der Waals surface area contributed by atoms with Crippen molar-refractivity contribution in [2.24, 2.45) is 5.92 Å². The fraction of sp³-hybridized carbons (Fsp3) is 0.571. The lowest BCUT2D eigenvalue weighted by Crippen LogP contribution is -2.13. The van der Waals surface area contributed by atoms with Crippen LogP contribution in [0.1, 0.15) is 13.8 Å². The molecule has 0 aliphatic carbocycles. The van der Waals surface area contributed by atoms with Crippen LogP contribution >= 0.6 is 11.6 Å². The van der Waals surface area contributed by atoms with Crippen LogP contribution in [0.5, 0.6) is 0 Å². The summed E-state index contributed by atoms with van der Waals surface area (Å²) in [5.41, 5.74) is 1.02. The van der Waals surface area contributed by atoms with Crippen LogP contribution in [0.15, 0.2) is 24.3 Å². The summed E-state index contributed by atoms with van der Waals surface area (Å²) in [6.07, 6.45) is 0. The van der Waals surface area contributed by atoms with Gasteiger partial charge in [0.1, 0.15) is 0 Å². The van der Waals surface area contributed by atoms with E-state index >= 15 is 0 Å². The van der Waals surface area contributed by atoms with E-state index in [0.29, 0.717) is 25.7 Å². The third-order valence-electron chi connectivity index (χ3n) is 2.22. The molecule has 102 valence electrons. The predicted octanol–water partition coefficient (Wildman–Crippen LogP) is 3.44. The molecule has 0 heterocycles. The molecule has 0 radical (unpaired) electrons. The lowest BCUT2D eigenvalue weighted by atomic mass is 10.2. The number of nitrogens with one attached hydrogen (secondary N) is 1. The maximum absolute atomic E-state index is 5.88. The number of halogens is 1. The second-order valence-electron chi connectivity index (χ2n) is 4.52. The Bertz CT molecular complexity index is 331. The summed E-state index contributed by atoms with van der Waals surface area (Å²) in [4.78, 5) is 0. The van der Waals surface area contributed by atoms with E-state index in [1.165, 1.54) is 0 Å². The number of benzene rings is 1. The van der Waals surface area contributed by atoms with Crippen molar-refractivity contribution in [1.29, 1.82) is 0 Å². The Morgan fingerprint density at radius 2 is 1.94 bits per heavy atom. The highest BCUT2D eigenvalue weighted by atomic mass is 35.5. The monoisotopic (exact) mass is 271 g/mol. The smallest absolute Gasteiger partial charge is 0.0701 e. The van der Waals surface area contributed by atoms with E-state index in [9.17, 15) is 0 Å². The fourth-order valence-electron chi connectivity index (χ4n) is 1.40. The zero-order chi connectivity index (χ0) is 13.2. The highest BCUT2D eigenvalue weighted by Gasteiger charge is 1.95. The Labute approximate surface area is 114 Å². The van der Waals surface area contributed by atoms with Gasteiger partial charge in [-0.05, 0) is 24.1 Å². The highest BCUT2D eigenvalue weighted by molar-refractivity contribution is 6.30. The number of rotatable bonds is 9. The van der Waals surface area contributed by atoms with Crippen molar-refractivity contribution in [3.05, 3.63) is 29.3 Å². The van der Waals surface area contributed by atoms with Crippen LogP contribution in [0.4, 0.5) is 5.69 Å². The van der Waals surface area contributed by atoms with E-state index in [4.69, 9.17) is 21.1 Å². The third kappa shape index (κ3) is 7.54. The van der Waals surface area contributed by atoms with Crippen molar-refractivity contribution >= 4 is 17.3 Å². The zero-order valence-corrected chi connectivity index (χ0v) is 11.9. The van der Waals surface area contributed by atoms with Crippen molar-refractivity contribution in [2.75, 3.05) is 38.3 Å². The number of ether oxygens (including phenoxy) is 2. The van der Waals surface area contributed by atoms with Crippen molar-refractivity contribution in [1.82, 2.24) is 0 Å². The minimum absolute atomic E-state index is 0.578. The van der Waals surface area contributed by atoms with Gasteiger partial charge in [-0.25, -0.2) is 0 Å². The standard InChI is InChI=1S/C14H22ClNO2/c1-12(2)11-18-9-8-17-7-6-16-14-5-3-4-13(15)10-14/h3-5,10,12,16H,6-9,11H2,1-2H3. The van der Waals surface area contributed by atoms with Gasteiger partial charge in [0.05, 0.1) is 19.8 Å². The van der Waals surface area contributed by atoms with E-state index in [1.54, 1.807) is 0 Å². The van der Waals surface area contributed by atoms with Gasteiger partial charge in [-0.1, -0.05) is 31.5 Å². The molecule has 0 bridgehead atoms. The predicted molar refractivity (Wildman–Crippen MR) is 76.4 cm³/mol. The van der Waals surface area contributed by atoms with Crippen molar-refractivity contribution < 1.29 is 9.47 Å². The summed E-state index contributed by atoms with van der Waals surface area (Å²) < 4.78 is 10.9. The first-order chi connectivity index (χ1) is 8.68. The Morgan fingerprint density at radius 1 is 1.17 bits per heavy atom. The van der Waals surface area contributed by atoms with Crippen LogP contribution < -0.4 is 5.32 Å². The van der Waals surface area contributed by atoms with Gasteiger partial charge in [-0.2, -0.15) is 0 Å². The maximum Gasteiger partial charge on any atom is 0.0701 e. The number of hydrogen-bond acceptors (Lipinski definition) is 3. The lowest BCUT2D eigenvalue weighted by Gasteiger charge is -2.09. The molecule has 0 saturated heterocycles. The number of anilines is 1. The molecule has 0 saturated carbocycles. The summed E-state index contributed by atoms with van der Waals surface area (Å²) in [5, 5.41) is 3.98. The molecule has 3 nitrogen and oxygen atoms in total. The second-order valence-corrected chi connectivity index (χ2v) is 4.95. The Balaban J connectivity index is 1.96. The summed E-state index contributed by atoms with van der Waals surface area (Å²) >= 11 is 5.88. The van der Waals surface area contributed by atoms with Gasteiger partial charge in [-0.3, -0.25) is 0 Å². The summed E-state index contributed by atoms with van der Waals surface area (Å²) in [6, 6.07) is 7.66. The average Bonchev–Trinajstić information content (AvgIpc) is 2.32. The minimum Gasteiger partial charge on any atom is -0.383 e. The molecular formula is C14H22ClNO2. The molecule has 0 aliphatic heterocycles. The molecule has 1 N–H and O–H groups in total. The van der Waals surface area contributed by atoms with Gasteiger partial charge in [0.2, 0.25) is 0 Å². The Morgan fingerprint density at radius 3 is 2.67 bits per heavy atom. The minimum atomic E-state index is 0.578. The SMILES string of the molecule is CC(C)COCCOCCNc1cccc(Cl)c1. The molecule has 0 spiro atoms. The maximum atomic E-state index is 5.88. The Hall–Kier alpha value is -0.770. The van der Waals surface area contributed by atoms with Crippen molar-refractivity contribution in [3.8, 4) is 0 Å². The lowest BCUT2D eigenvalue weighted by molar-refractivity contribution is 0.0411. The van der Waals surface area contributed by atoms with Gasteiger partial charge in [-0.15, -0.1) is 0 Å². The van der Waals surface area contributed by atoms with E-state index < -0.39 is 0 Å². The largest absolute Gasteiger partial charge is 0.383 e. The van der Waals surface area contributed by atoms with Crippen LogP contribution in [-0.2, 0) is 9.47 Å². The van der Waals surface area contributed by atoms with Crippen LogP contribution in [0.2, 0.25) is 5.02 Å². The summed E-state index contributed by atoms with van der Waals surface area (Å²) in [7, 11) is 0. The summed E-state index contributed by atoms with van der Waals surface area (Å²) in [5.74, 6) is 0.578. The quantitative estimate of drug-likeness (QED) is 0.698. The fourth-order valence-corrected chi connectivity index (χ4v) is 1.60. The van der Waals surface area contributed by atoms with Gasteiger partial charge >= 0.3 is 0 Å². The van der Waals surface area contributed by atoms with E-state index in [2.05, 4.69) is 19.2 Å². The second kappa shape index (κ2) is 9.20. The molecule has 0 aromatic heterocycles. The first kappa shape index (κ1) is 15.3. The van der Waals surface area contributed by atoms with Gasteiger partial charge in [0.25, 0.3) is 0 Å². The molecule has 0 aliphatic rings. The molecule has 0 amide bonds. The summed E-state index contributed by atoms with van der Waals surface area (Å²) in [6.45, 7) is 7.80. The third-order valence-corrected chi connectivity index (χ3v) is 2.46. The molecule has 0 atom stereocenters.